The molecular formula is C19H24Cl2N2O4. The van der Waals surface area contributed by atoms with Gasteiger partial charge in [-0.1, -0.05) is 29.3 Å². The first-order valence-corrected chi connectivity index (χ1v) is 9.60. The number of aliphatic hydroxyl groups excluding tert-OH is 1. The lowest BCUT2D eigenvalue weighted by Gasteiger charge is -2.17. The van der Waals surface area contributed by atoms with Crippen molar-refractivity contribution in [3.63, 3.8) is 0 Å². The van der Waals surface area contributed by atoms with Crippen molar-refractivity contribution in [3.8, 4) is 0 Å². The van der Waals surface area contributed by atoms with Gasteiger partial charge in [-0.2, -0.15) is 0 Å². The average molecular weight is 415 g/mol. The number of hydrogen-bond donors (Lipinski definition) is 2. The molecule has 0 unspecified atom stereocenters. The summed E-state index contributed by atoms with van der Waals surface area (Å²) in [6.07, 6.45) is 1.47. The summed E-state index contributed by atoms with van der Waals surface area (Å²) in [6, 6.07) is 5.42. The fraction of sp³-hybridized carbons (Fsp3) is 0.474. The van der Waals surface area contributed by atoms with Crippen LogP contribution < -0.4 is 5.32 Å². The zero-order valence-corrected chi connectivity index (χ0v) is 16.9. The Morgan fingerprint density at radius 1 is 1.33 bits per heavy atom. The number of ether oxygens (including phenoxy) is 1. The van der Waals surface area contributed by atoms with E-state index in [1.165, 1.54) is 4.90 Å². The lowest BCUT2D eigenvalue weighted by Crippen LogP contribution is -2.33. The molecule has 2 N–H and O–H groups in total. The van der Waals surface area contributed by atoms with Crippen molar-refractivity contribution >= 4 is 35.0 Å². The Labute approximate surface area is 169 Å². The molecule has 0 atom stereocenters. The first-order chi connectivity index (χ1) is 12.8. The molecule has 6 nitrogen and oxygen atoms in total. The van der Waals surface area contributed by atoms with Gasteiger partial charge in [0, 0.05) is 13.1 Å². The van der Waals surface area contributed by atoms with E-state index in [2.05, 4.69) is 5.32 Å². The number of rotatable bonds is 9. The molecule has 2 amide bonds. The van der Waals surface area contributed by atoms with Gasteiger partial charge in [-0.25, -0.2) is 0 Å². The maximum absolute atomic E-state index is 12.3. The van der Waals surface area contributed by atoms with Crippen LogP contribution in [-0.2, 0) is 20.7 Å². The monoisotopic (exact) mass is 414 g/mol. The molecule has 1 aromatic rings. The normalized spacial score (nSPS) is 14.4. The van der Waals surface area contributed by atoms with E-state index >= 15 is 0 Å². The molecule has 0 saturated heterocycles. The smallest absolute Gasteiger partial charge is 0.289 e. The molecule has 0 aliphatic carbocycles. The number of carbonyl (C=O) groups is 2. The molecule has 1 heterocycles. The summed E-state index contributed by atoms with van der Waals surface area (Å²) in [7, 11) is 0. The summed E-state index contributed by atoms with van der Waals surface area (Å²) in [5.41, 5.74) is 1.12. The predicted octanol–water partition coefficient (Wildman–Crippen LogP) is 3.12. The molecule has 0 fully saturated rings. The van der Waals surface area contributed by atoms with Crippen LogP contribution in [0.1, 0.15) is 25.8 Å². The van der Waals surface area contributed by atoms with Crippen molar-refractivity contribution in [2.24, 2.45) is 0 Å². The fourth-order valence-electron chi connectivity index (χ4n) is 2.67. The zero-order valence-electron chi connectivity index (χ0n) is 15.4. The number of hydrogen-bond acceptors (Lipinski definition) is 4. The molecule has 0 saturated carbocycles. The highest BCUT2D eigenvalue weighted by Gasteiger charge is 2.33. The number of nitrogens with zero attached hydrogens (tertiary/aromatic N) is 1. The van der Waals surface area contributed by atoms with Crippen LogP contribution in [0.5, 0.6) is 0 Å². The minimum absolute atomic E-state index is 0.0579. The molecule has 1 aromatic carbocycles. The number of halogens is 2. The van der Waals surface area contributed by atoms with Crippen molar-refractivity contribution in [1.82, 2.24) is 10.2 Å². The molecular weight excluding hydrogens is 391 g/mol. The molecule has 0 bridgehead atoms. The lowest BCUT2D eigenvalue weighted by atomic mass is 10.1. The van der Waals surface area contributed by atoms with Gasteiger partial charge in [-0.05, 0) is 44.4 Å². The summed E-state index contributed by atoms with van der Waals surface area (Å²) in [6.45, 7) is 4.99. The van der Waals surface area contributed by atoms with Crippen LogP contribution >= 0.6 is 23.2 Å². The molecule has 1 aliphatic rings. The van der Waals surface area contributed by atoms with E-state index in [9.17, 15) is 14.7 Å². The molecule has 2 rings (SSSR count). The van der Waals surface area contributed by atoms with Crippen molar-refractivity contribution in [2.75, 3.05) is 26.2 Å². The van der Waals surface area contributed by atoms with Gasteiger partial charge in [0.05, 0.1) is 34.9 Å². The first kappa shape index (κ1) is 21.5. The number of aliphatic hydroxyl groups is 1. The van der Waals surface area contributed by atoms with Crippen LogP contribution in [0.25, 0.3) is 0 Å². The van der Waals surface area contributed by atoms with E-state index in [1.54, 1.807) is 12.1 Å². The van der Waals surface area contributed by atoms with Gasteiger partial charge in [0.25, 0.3) is 11.8 Å². The lowest BCUT2D eigenvalue weighted by molar-refractivity contribution is -0.128. The molecule has 148 valence electrons. The third kappa shape index (κ3) is 6.13. The minimum atomic E-state index is -0.539. The minimum Gasteiger partial charge on any atom is -0.503 e. The highest BCUT2D eigenvalue weighted by molar-refractivity contribution is 6.42. The standard InChI is InChI=1S/C19H24Cl2N2O4/c1-12(2)27-9-8-23-11-14(17(24)19(23)26)18(25)22-7-3-4-13-5-6-15(20)16(21)10-13/h5-6,10,12,24H,3-4,7-9,11H2,1-2H3,(H,22,25). The van der Waals surface area contributed by atoms with Crippen molar-refractivity contribution < 1.29 is 19.4 Å². The Morgan fingerprint density at radius 2 is 2.07 bits per heavy atom. The highest BCUT2D eigenvalue weighted by Crippen LogP contribution is 2.23. The van der Waals surface area contributed by atoms with Gasteiger partial charge in [0.15, 0.2) is 5.76 Å². The second-order valence-corrected chi connectivity index (χ2v) is 7.40. The number of amides is 2. The average Bonchev–Trinajstić information content (AvgIpc) is 2.90. The van der Waals surface area contributed by atoms with Crippen LogP contribution in [0.3, 0.4) is 0 Å². The molecule has 8 heteroatoms. The summed E-state index contributed by atoms with van der Waals surface area (Å²) in [4.78, 5) is 25.7. The Balaban J connectivity index is 1.77. The van der Waals surface area contributed by atoms with Crippen LogP contribution in [0.15, 0.2) is 29.5 Å². The van der Waals surface area contributed by atoms with Crippen LogP contribution in [0.2, 0.25) is 10.0 Å². The summed E-state index contributed by atoms with van der Waals surface area (Å²) in [5.74, 6) is -1.45. The largest absolute Gasteiger partial charge is 0.503 e. The topological polar surface area (TPSA) is 78.9 Å². The number of carbonyl (C=O) groups excluding carboxylic acids is 2. The highest BCUT2D eigenvalue weighted by atomic mass is 35.5. The predicted molar refractivity (Wildman–Crippen MR) is 105 cm³/mol. The number of nitrogens with one attached hydrogen (secondary N) is 1. The van der Waals surface area contributed by atoms with Gasteiger partial charge in [-0.3, -0.25) is 9.59 Å². The quantitative estimate of drug-likeness (QED) is 0.608. The van der Waals surface area contributed by atoms with Crippen LogP contribution in [0.4, 0.5) is 0 Å². The van der Waals surface area contributed by atoms with Gasteiger partial charge in [-0.15, -0.1) is 0 Å². The van der Waals surface area contributed by atoms with Gasteiger partial charge >= 0.3 is 0 Å². The van der Waals surface area contributed by atoms with Gasteiger partial charge in [0.1, 0.15) is 0 Å². The molecule has 1 aliphatic heterocycles. The number of aryl methyl sites for hydroxylation is 1. The molecule has 0 spiro atoms. The van der Waals surface area contributed by atoms with Gasteiger partial charge in [0.2, 0.25) is 0 Å². The third-order valence-electron chi connectivity index (χ3n) is 4.12. The van der Waals surface area contributed by atoms with Crippen LogP contribution in [0, 0.1) is 0 Å². The van der Waals surface area contributed by atoms with Crippen molar-refractivity contribution in [2.45, 2.75) is 32.8 Å². The maximum Gasteiger partial charge on any atom is 0.289 e. The molecule has 0 radical (unpaired) electrons. The van der Waals surface area contributed by atoms with E-state index in [0.717, 1.165) is 12.0 Å². The Hall–Kier alpha value is -1.76. The zero-order chi connectivity index (χ0) is 20.0. The number of benzene rings is 1. The Morgan fingerprint density at radius 3 is 2.74 bits per heavy atom. The van der Waals surface area contributed by atoms with E-state index < -0.39 is 17.6 Å². The first-order valence-electron chi connectivity index (χ1n) is 8.84. The Bertz CT molecular complexity index is 734. The maximum atomic E-state index is 12.3. The summed E-state index contributed by atoms with van der Waals surface area (Å²) >= 11 is 11.9. The van der Waals surface area contributed by atoms with Gasteiger partial charge < -0.3 is 20.1 Å². The van der Waals surface area contributed by atoms with E-state index in [-0.39, 0.29) is 18.2 Å². The second kappa shape index (κ2) is 9.97. The summed E-state index contributed by atoms with van der Waals surface area (Å²) < 4.78 is 5.41. The van der Waals surface area contributed by atoms with E-state index in [4.69, 9.17) is 27.9 Å². The van der Waals surface area contributed by atoms with E-state index in [0.29, 0.717) is 36.2 Å². The SMILES string of the molecule is CC(C)OCCN1CC(C(=O)NCCCc2ccc(Cl)c(Cl)c2)=C(O)C1=O. The third-order valence-corrected chi connectivity index (χ3v) is 4.86. The second-order valence-electron chi connectivity index (χ2n) is 6.58. The van der Waals surface area contributed by atoms with E-state index in [1.807, 2.05) is 19.9 Å². The van der Waals surface area contributed by atoms with Crippen molar-refractivity contribution in [1.29, 1.82) is 0 Å². The van der Waals surface area contributed by atoms with Crippen molar-refractivity contribution in [3.05, 3.63) is 45.1 Å². The Kier molecular flexibility index (Phi) is 7.95. The fourth-order valence-corrected chi connectivity index (χ4v) is 2.99. The van der Waals surface area contributed by atoms with Crippen LogP contribution in [-0.4, -0.2) is 54.2 Å². The molecule has 27 heavy (non-hydrogen) atoms. The summed E-state index contributed by atoms with van der Waals surface area (Å²) in [5, 5.41) is 13.7. The molecule has 0 aromatic heterocycles.